The van der Waals surface area contributed by atoms with E-state index in [1.807, 2.05) is 26.0 Å². The lowest BCUT2D eigenvalue weighted by Crippen LogP contribution is -2.16. The number of nitrogens with two attached hydrogens (primary N) is 1. The van der Waals surface area contributed by atoms with Crippen LogP contribution >= 0.6 is 15.9 Å². The Hall–Kier alpha value is -1.53. The standard InChI is InChI=1S/C15H17BrN2O2S/c1-10(2)12-5-3-4-6-14(12)18-21(19,20)15-9-11(16)7-8-13(15)17/h3-10,18H,17H2,1-2H3. The van der Waals surface area contributed by atoms with Crippen molar-refractivity contribution in [3.05, 3.63) is 52.5 Å². The molecule has 0 atom stereocenters. The van der Waals surface area contributed by atoms with Gasteiger partial charge >= 0.3 is 0 Å². The van der Waals surface area contributed by atoms with Crippen LogP contribution in [0.25, 0.3) is 0 Å². The predicted molar refractivity (Wildman–Crippen MR) is 89.9 cm³/mol. The number of sulfonamides is 1. The normalized spacial score (nSPS) is 11.6. The number of benzene rings is 2. The highest BCUT2D eigenvalue weighted by Gasteiger charge is 2.19. The molecular formula is C15H17BrN2O2S. The van der Waals surface area contributed by atoms with Crippen molar-refractivity contribution in [2.75, 3.05) is 10.5 Å². The van der Waals surface area contributed by atoms with Crippen molar-refractivity contribution in [1.29, 1.82) is 0 Å². The van der Waals surface area contributed by atoms with Gasteiger partial charge in [-0.1, -0.05) is 48.0 Å². The van der Waals surface area contributed by atoms with E-state index >= 15 is 0 Å². The molecule has 0 heterocycles. The molecule has 3 N–H and O–H groups in total. The Labute approximate surface area is 133 Å². The molecule has 0 spiro atoms. The Balaban J connectivity index is 2.45. The smallest absolute Gasteiger partial charge is 0.263 e. The summed E-state index contributed by atoms with van der Waals surface area (Å²) in [6.07, 6.45) is 0. The van der Waals surface area contributed by atoms with Gasteiger partial charge in [0.2, 0.25) is 0 Å². The van der Waals surface area contributed by atoms with E-state index in [4.69, 9.17) is 5.73 Å². The van der Waals surface area contributed by atoms with Crippen LogP contribution in [-0.2, 0) is 10.0 Å². The lowest BCUT2D eigenvalue weighted by atomic mass is 10.0. The predicted octanol–water partition coefficient (Wildman–Crippen LogP) is 3.96. The van der Waals surface area contributed by atoms with Gasteiger partial charge in [-0.25, -0.2) is 8.42 Å². The maximum Gasteiger partial charge on any atom is 0.263 e. The third kappa shape index (κ3) is 3.57. The van der Waals surface area contributed by atoms with Gasteiger partial charge in [-0.15, -0.1) is 0 Å². The Kier molecular flexibility index (Phi) is 4.58. The summed E-state index contributed by atoms with van der Waals surface area (Å²) in [4.78, 5) is 0.0652. The van der Waals surface area contributed by atoms with Crippen LogP contribution in [0.4, 0.5) is 11.4 Å². The molecule has 112 valence electrons. The Bertz CT molecular complexity index is 758. The van der Waals surface area contributed by atoms with Gasteiger partial charge in [-0.3, -0.25) is 4.72 Å². The number of halogens is 1. The summed E-state index contributed by atoms with van der Waals surface area (Å²) in [6, 6.07) is 12.1. The zero-order chi connectivity index (χ0) is 15.6. The fourth-order valence-corrected chi connectivity index (χ4v) is 3.79. The average Bonchev–Trinajstić information content (AvgIpc) is 2.41. The van der Waals surface area contributed by atoms with Crippen LogP contribution in [-0.4, -0.2) is 8.42 Å². The van der Waals surface area contributed by atoms with Gasteiger partial charge in [0.25, 0.3) is 10.0 Å². The lowest BCUT2D eigenvalue weighted by molar-refractivity contribution is 0.601. The van der Waals surface area contributed by atoms with E-state index in [0.29, 0.717) is 10.2 Å². The van der Waals surface area contributed by atoms with E-state index in [2.05, 4.69) is 20.7 Å². The molecule has 0 aliphatic heterocycles. The van der Waals surface area contributed by atoms with E-state index in [1.54, 1.807) is 24.3 Å². The van der Waals surface area contributed by atoms with Crippen LogP contribution in [0.3, 0.4) is 0 Å². The van der Waals surface area contributed by atoms with Gasteiger partial charge in [0.1, 0.15) is 4.90 Å². The minimum atomic E-state index is -3.73. The highest BCUT2D eigenvalue weighted by Crippen LogP contribution is 2.29. The quantitative estimate of drug-likeness (QED) is 0.802. The summed E-state index contributed by atoms with van der Waals surface area (Å²) < 4.78 is 28.4. The number of hydrogen-bond donors (Lipinski definition) is 2. The molecule has 0 fully saturated rings. The van der Waals surface area contributed by atoms with Crippen molar-refractivity contribution in [3.8, 4) is 0 Å². The molecule has 2 aromatic carbocycles. The molecule has 0 unspecified atom stereocenters. The topological polar surface area (TPSA) is 72.2 Å². The van der Waals surface area contributed by atoms with Crippen molar-refractivity contribution >= 4 is 37.3 Å². The summed E-state index contributed by atoms with van der Waals surface area (Å²) in [6.45, 7) is 4.03. The first-order valence-electron chi connectivity index (χ1n) is 6.48. The minimum Gasteiger partial charge on any atom is -0.398 e. The number of para-hydroxylation sites is 1. The summed E-state index contributed by atoms with van der Waals surface area (Å²) in [5.41, 5.74) is 7.52. The van der Waals surface area contributed by atoms with Crippen LogP contribution < -0.4 is 10.5 Å². The fraction of sp³-hybridized carbons (Fsp3) is 0.200. The lowest BCUT2D eigenvalue weighted by Gasteiger charge is -2.15. The molecule has 0 saturated carbocycles. The first kappa shape index (κ1) is 15.9. The maximum atomic E-state index is 12.5. The van der Waals surface area contributed by atoms with Gasteiger partial charge in [0.05, 0.1) is 11.4 Å². The molecule has 21 heavy (non-hydrogen) atoms. The second-order valence-electron chi connectivity index (χ2n) is 5.03. The van der Waals surface area contributed by atoms with Gasteiger partial charge in [0, 0.05) is 4.47 Å². The van der Waals surface area contributed by atoms with Crippen molar-refractivity contribution in [2.24, 2.45) is 0 Å². The van der Waals surface area contributed by atoms with E-state index in [0.717, 1.165) is 5.56 Å². The van der Waals surface area contributed by atoms with Crippen LogP contribution in [0, 0.1) is 0 Å². The van der Waals surface area contributed by atoms with Crippen molar-refractivity contribution in [1.82, 2.24) is 0 Å². The molecule has 0 aliphatic rings. The first-order valence-corrected chi connectivity index (χ1v) is 8.75. The number of rotatable bonds is 4. The van der Waals surface area contributed by atoms with E-state index in [1.165, 1.54) is 6.07 Å². The Morgan fingerprint density at radius 1 is 1.14 bits per heavy atom. The zero-order valence-corrected chi connectivity index (χ0v) is 14.2. The molecule has 2 rings (SSSR count). The van der Waals surface area contributed by atoms with Gasteiger partial charge in [-0.2, -0.15) is 0 Å². The third-order valence-electron chi connectivity index (χ3n) is 3.09. The number of hydrogen-bond acceptors (Lipinski definition) is 3. The highest BCUT2D eigenvalue weighted by molar-refractivity contribution is 9.10. The number of nitrogens with one attached hydrogen (secondary N) is 1. The van der Waals surface area contributed by atoms with E-state index < -0.39 is 10.0 Å². The molecule has 4 nitrogen and oxygen atoms in total. The molecule has 2 aromatic rings. The zero-order valence-electron chi connectivity index (χ0n) is 11.8. The monoisotopic (exact) mass is 368 g/mol. The van der Waals surface area contributed by atoms with Gasteiger partial charge in [-0.05, 0) is 35.7 Å². The van der Waals surface area contributed by atoms with Crippen molar-refractivity contribution in [3.63, 3.8) is 0 Å². The van der Waals surface area contributed by atoms with Crippen LogP contribution in [0.2, 0.25) is 0 Å². The molecular weight excluding hydrogens is 352 g/mol. The van der Waals surface area contributed by atoms with Gasteiger partial charge < -0.3 is 5.73 Å². The molecule has 0 radical (unpaired) electrons. The van der Waals surface area contributed by atoms with E-state index in [9.17, 15) is 8.42 Å². The highest BCUT2D eigenvalue weighted by atomic mass is 79.9. The van der Waals surface area contributed by atoms with Gasteiger partial charge in [0.15, 0.2) is 0 Å². The van der Waals surface area contributed by atoms with Crippen molar-refractivity contribution < 1.29 is 8.42 Å². The average molecular weight is 369 g/mol. The molecule has 0 bridgehead atoms. The molecule has 0 saturated heterocycles. The summed E-state index contributed by atoms with van der Waals surface area (Å²) in [5, 5.41) is 0. The van der Waals surface area contributed by atoms with Crippen molar-refractivity contribution in [2.45, 2.75) is 24.7 Å². The Morgan fingerprint density at radius 2 is 1.81 bits per heavy atom. The minimum absolute atomic E-state index is 0.0652. The molecule has 0 aromatic heterocycles. The van der Waals surface area contributed by atoms with E-state index in [-0.39, 0.29) is 16.5 Å². The molecule has 6 heteroatoms. The third-order valence-corrected chi connectivity index (χ3v) is 5.01. The largest absolute Gasteiger partial charge is 0.398 e. The maximum absolute atomic E-state index is 12.5. The fourth-order valence-electron chi connectivity index (χ4n) is 2.03. The Morgan fingerprint density at radius 3 is 2.48 bits per heavy atom. The summed E-state index contributed by atoms with van der Waals surface area (Å²) in [5.74, 6) is 0.212. The molecule has 0 amide bonds. The first-order chi connectivity index (χ1) is 9.81. The second-order valence-corrected chi connectivity index (χ2v) is 7.60. The number of anilines is 2. The van der Waals surface area contributed by atoms with Crippen LogP contribution in [0.1, 0.15) is 25.3 Å². The summed E-state index contributed by atoms with van der Waals surface area (Å²) in [7, 11) is -3.73. The van der Waals surface area contributed by atoms with Crippen LogP contribution in [0.5, 0.6) is 0 Å². The number of nitrogen functional groups attached to an aromatic ring is 1. The summed E-state index contributed by atoms with van der Waals surface area (Å²) >= 11 is 3.26. The molecule has 0 aliphatic carbocycles. The van der Waals surface area contributed by atoms with Crippen LogP contribution in [0.15, 0.2) is 51.8 Å². The SMILES string of the molecule is CC(C)c1ccccc1NS(=O)(=O)c1cc(Br)ccc1N. The second kappa shape index (κ2) is 6.07.